The van der Waals surface area contributed by atoms with Crippen LogP contribution in [-0.4, -0.2) is 38.5 Å². The summed E-state index contributed by atoms with van der Waals surface area (Å²) in [4.78, 5) is 26.3. The lowest BCUT2D eigenvalue weighted by atomic mass is 10.1. The molecule has 0 saturated carbocycles. The van der Waals surface area contributed by atoms with Gasteiger partial charge in [0.15, 0.2) is 11.5 Å². The van der Waals surface area contributed by atoms with Crippen LogP contribution in [0.15, 0.2) is 52.9 Å². The van der Waals surface area contributed by atoms with Gasteiger partial charge in [-0.1, -0.05) is 12.1 Å². The molecular formula is C21H19N5O4S. The molecule has 0 unspecified atom stereocenters. The second kappa shape index (κ2) is 7.88. The number of nitrogens with one attached hydrogen (secondary N) is 1. The minimum absolute atomic E-state index is 0.191. The highest BCUT2D eigenvalue weighted by Crippen LogP contribution is 2.32. The zero-order chi connectivity index (χ0) is 21.4. The molecule has 1 aromatic carbocycles. The van der Waals surface area contributed by atoms with E-state index in [2.05, 4.69) is 15.5 Å². The Morgan fingerprint density at radius 1 is 1.23 bits per heavy atom. The van der Waals surface area contributed by atoms with Gasteiger partial charge in [0.1, 0.15) is 37.3 Å². The first-order valence-electron chi connectivity index (χ1n) is 9.77. The average molecular weight is 437 g/mol. The predicted molar refractivity (Wildman–Crippen MR) is 115 cm³/mol. The molecule has 5 rings (SSSR count). The Morgan fingerprint density at radius 2 is 2.06 bits per heavy atom. The Hall–Kier alpha value is -3.66. The molecule has 0 saturated heterocycles. The third-order valence-corrected chi connectivity index (χ3v) is 5.89. The van der Waals surface area contributed by atoms with Crippen molar-refractivity contribution in [1.82, 2.24) is 24.7 Å². The van der Waals surface area contributed by atoms with Crippen molar-refractivity contribution in [3.63, 3.8) is 0 Å². The first kappa shape index (κ1) is 19.3. The molecule has 10 heteroatoms. The van der Waals surface area contributed by atoms with Crippen molar-refractivity contribution in [1.29, 1.82) is 0 Å². The van der Waals surface area contributed by atoms with E-state index in [1.54, 1.807) is 6.07 Å². The highest BCUT2D eigenvalue weighted by molar-refractivity contribution is 7.13. The van der Waals surface area contributed by atoms with Crippen LogP contribution in [0.3, 0.4) is 0 Å². The molecular weight excluding hydrogens is 418 g/mol. The lowest BCUT2D eigenvalue weighted by molar-refractivity contribution is -0.122. The topological polar surface area (TPSA) is 99.8 Å². The highest BCUT2D eigenvalue weighted by Gasteiger charge is 2.17. The van der Waals surface area contributed by atoms with Crippen molar-refractivity contribution >= 4 is 22.8 Å². The van der Waals surface area contributed by atoms with Gasteiger partial charge in [-0.3, -0.25) is 9.59 Å². The predicted octanol–water partition coefficient (Wildman–Crippen LogP) is 2.27. The molecule has 4 heterocycles. The molecule has 31 heavy (non-hydrogen) atoms. The molecule has 1 N–H and O–H groups in total. The quantitative estimate of drug-likeness (QED) is 0.514. The van der Waals surface area contributed by atoms with Crippen molar-refractivity contribution in [2.75, 3.05) is 13.2 Å². The van der Waals surface area contributed by atoms with Gasteiger partial charge in [-0.15, -0.1) is 11.3 Å². The number of hydrogen-bond acceptors (Lipinski definition) is 7. The molecule has 1 atom stereocenters. The molecule has 1 amide bonds. The zero-order valence-corrected chi connectivity index (χ0v) is 17.5. The molecule has 1 aliphatic heterocycles. The SMILES string of the molecule is C[C@H](NC(=O)Cn1ncn2nc(-c3cccs3)cc2c1=O)c1ccc2c(c1)OCCO2. The molecule has 3 aromatic heterocycles. The van der Waals surface area contributed by atoms with Gasteiger partial charge in [0.2, 0.25) is 5.91 Å². The minimum atomic E-state index is -0.375. The number of hydrogen-bond donors (Lipinski definition) is 1. The lowest BCUT2D eigenvalue weighted by Gasteiger charge is -2.21. The van der Waals surface area contributed by atoms with E-state index in [1.807, 2.05) is 42.6 Å². The summed E-state index contributed by atoms with van der Waals surface area (Å²) in [6, 6.07) is 10.9. The number of benzene rings is 1. The molecule has 0 aliphatic carbocycles. The van der Waals surface area contributed by atoms with E-state index >= 15 is 0 Å². The van der Waals surface area contributed by atoms with E-state index in [4.69, 9.17) is 9.47 Å². The van der Waals surface area contributed by atoms with Gasteiger partial charge in [0.05, 0.1) is 10.9 Å². The summed E-state index contributed by atoms with van der Waals surface area (Å²) in [5.41, 5.74) is 1.57. The summed E-state index contributed by atoms with van der Waals surface area (Å²) in [6.45, 7) is 2.70. The number of nitrogens with zero attached hydrogens (tertiary/aromatic N) is 4. The van der Waals surface area contributed by atoms with E-state index in [0.717, 1.165) is 15.1 Å². The van der Waals surface area contributed by atoms with E-state index in [0.29, 0.717) is 35.9 Å². The van der Waals surface area contributed by atoms with Gasteiger partial charge in [0.25, 0.3) is 5.56 Å². The van der Waals surface area contributed by atoms with Crippen molar-refractivity contribution in [3.8, 4) is 22.1 Å². The highest BCUT2D eigenvalue weighted by atomic mass is 32.1. The number of thiophene rings is 1. The van der Waals surface area contributed by atoms with E-state index in [1.165, 1.54) is 22.2 Å². The molecule has 4 aromatic rings. The van der Waals surface area contributed by atoms with E-state index in [-0.39, 0.29) is 24.1 Å². The van der Waals surface area contributed by atoms with Crippen molar-refractivity contribution in [2.24, 2.45) is 0 Å². The first-order chi connectivity index (χ1) is 15.1. The van der Waals surface area contributed by atoms with Crippen LogP contribution in [0, 0.1) is 0 Å². The van der Waals surface area contributed by atoms with Crippen LogP contribution in [0.4, 0.5) is 0 Å². The van der Waals surface area contributed by atoms with Crippen LogP contribution in [-0.2, 0) is 11.3 Å². The van der Waals surface area contributed by atoms with Crippen LogP contribution in [0.1, 0.15) is 18.5 Å². The molecule has 0 fully saturated rings. The fourth-order valence-corrected chi connectivity index (χ4v) is 4.11. The fourth-order valence-electron chi connectivity index (χ4n) is 3.43. The summed E-state index contributed by atoms with van der Waals surface area (Å²) < 4.78 is 13.7. The van der Waals surface area contributed by atoms with Gasteiger partial charge < -0.3 is 14.8 Å². The summed E-state index contributed by atoms with van der Waals surface area (Å²) in [5, 5.41) is 13.3. The van der Waals surface area contributed by atoms with Crippen molar-refractivity contribution in [2.45, 2.75) is 19.5 Å². The normalized spacial score (nSPS) is 13.8. The summed E-state index contributed by atoms with van der Waals surface area (Å²) in [7, 11) is 0. The maximum atomic E-state index is 12.8. The molecule has 0 bridgehead atoms. The maximum absolute atomic E-state index is 12.8. The van der Waals surface area contributed by atoms with Crippen LogP contribution in [0.5, 0.6) is 11.5 Å². The Labute approximate surface area is 180 Å². The Balaban J connectivity index is 1.32. The molecule has 1 aliphatic rings. The van der Waals surface area contributed by atoms with Crippen molar-refractivity contribution in [3.05, 3.63) is 64.0 Å². The molecule has 158 valence electrons. The monoisotopic (exact) mass is 437 g/mol. The maximum Gasteiger partial charge on any atom is 0.293 e. The van der Waals surface area contributed by atoms with Gasteiger partial charge in [0, 0.05) is 0 Å². The number of rotatable bonds is 5. The fraction of sp³-hybridized carbons (Fsp3) is 0.238. The summed E-state index contributed by atoms with van der Waals surface area (Å²) in [5.74, 6) is 1.04. The number of ether oxygens (including phenoxy) is 2. The largest absolute Gasteiger partial charge is 0.486 e. The zero-order valence-electron chi connectivity index (χ0n) is 16.6. The second-order valence-corrected chi connectivity index (χ2v) is 8.07. The third-order valence-electron chi connectivity index (χ3n) is 5.00. The summed E-state index contributed by atoms with van der Waals surface area (Å²) >= 11 is 1.54. The number of carbonyl (C=O) groups excluding carboxylic acids is 1. The number of amides is 1. The summed E-state index contributed by atoms with van der Waals surface area (Å²) in [6.07, 6.45) is 1.44. The number of aromatic nitrogens is 4. The molecule has 0 spiro atoms. The van der Waals surface area contributed by atoms with E-state index < -0.39 is 0 Å². The Bertz CT molecular complexity index is 1310. The number of fused-ring (bicyclic) bond motifs is 2. The van der Waals surface area contributed by atoms with Gasteiger partial charge in [-0.2, -0.15) is 10.2 Å². The number of carbonyl (C=O) groups is 1. The van der Waals surface area contributed by atoms with Crippen LogP contribution < -0.4 is 20.3 Å². The third kappa shape index (κ3) is 3.77. The standard InChI is InChI=1S/C21H19N5O4S/c1-13(14-4-5-17-18(9-14)30-7-6-29-17)23-20(27)11-25-21(28)16-10-15(19-3-2-8-31-19)24-26(16)12-22-25/h2-5,8-10,12-13H,6-7,11H2,1H3,(H,23,27)/t13-/m0/s1. The Kier molecular flexibility index (Phi) is 4.91. The van der Waals surface area contributed by atoms with Gasteiger partial charge >= 0.3 is 0 Å². The molecule has 9 nitrogen and oxygen atoms in total. The van der Waals surface area contributed by atoms with E-state index in [9.17, 15) is 9.59 Å². The van der Waals surface area contributed by atoms with Crippen LogP contribution >= 0.6 is 11.3 Å². The molecule has 0 radical (unpaired) electrons. The first-order valence-corrected chi connectivity index (χ1v) is 10.6. The second-order valence-electron chi connectivity index (χ2n) is 7.12. The smallest absolute Gasteiger partial charge is 0.293 e. The van der Waals surface area contributed by atoms with Gasteiger partial charge in [-0.05, 0) is 42.1 Å². The van der Waals surface area contributed by atoms with Crippen LogP contribution in [0.25, 0.3) is 16.1 Å². The Morgan fingerprint density at radius 3 is 2.87 bits per heavy atom. The van der Waals surface area contributed by atoms with Crippen molar-refractivity contribution < 1.29 is 14.3 Å². The van der Waals surface area contributed by atoms with Gasteiger partial charge in [-0.25, -0.2) is 9.20 Å². The van der Waals surface area contributed by atoms with Crippen LogP contribution in [0.2, 0.25) is 0 Å². The minimum Gasteiger partial charge on any atom is -0.486 e. The lowest BCUT2D eigenvalue weighted by Crippen LogP contribution is -2.35. The average Bonchev–Trinajstić information content (AvgIpc) is 3.45.